The van der Waals surface area contributed by atoms with Gasteiger partial charge in [-0.15, -0.1) is 0 Å². The van der Waals surface area contributed by atoms with Crippen LogP contribution in [0.25, 0.3) is 0 Å². The predicted octanol–water partition coefficient (Wildman–Crippen LogP) is 3.18. The Balaban J connectivity index is 1.96. The van der Waals surface area contributed by atoms with Gasteiger partial charge in [0.05, 0.1) is 12.2 Å². The third-order valence-electron chi connectivity index (χ3n) is 3.20. The second-order valence-electron chi connectivity index (χ2n) is 5.20. The zero-order valence-corrected chi connectivity index (χ0v) is 13.4. The molecule has 1 heterocycles. The predicted molar refractivity (Wildman–Crippen MR) is 87.6 cm³/mol. The molecule has 0 aliphatic heterocycles. The van der Waals surface area contributed by atoms with Crippen LogP contribution in [0.4, 0.5) is 5.69 Å². The number of hydrogen-bond donors (Lipinski definition) is 2. The number of aryl methyl sites for hydroxylation is 1. The van der Waals surface area contributed by atoms with Crippen LogP contribution in [0.1, 0.15) is 53.2 Å². The lowest BCUT2D eigenvalue weighted by molar-refractivity contribution is 0.0505. The van der Waals surface area contributed by atoms with Crippen molar-refractivity contribution in [1.82, 2.24) is 10.2 Å². The fourth-order valence-corrected chi connectivity index (χ4v) is 2.04. The molecule has 1 amide bonds. The molecule has 0 aliphatic rings. The number of anilines is 1. The van der Waals surface area contributed by atoms with Gasteiger partial charge >= 0.3 is 5.97 Å². The van der Waals surface area contributed by atoms with Gasteiger partial charge in [-0.25, -0.2) is 4.79 Å². The zero-order chi connectivity index (χ0) is 16.7. The van der Waals surface area contributed by atoms with E-state index < -0.39 is 0 Å². The molecule has 0 unspecified atom stereocenters. The normalized spacial score (nSPS) is 10.3. The largest absolute Gasteiger partial charge is 0.462 e. The maximum Gasteiger partial charge on any atom is 0.338 e. The number of benzene rings is 1. The van der Waals surface area contributed by atoms with Crippen molar-refractivity contribution in [3.63, 3.8) is 0 Å². The summed E-state index contributed by atoms with van der Waals surface area (Å²) in [7, 11) is 0. The quantitative estimate of drug-likeness (QED) is 0.769. The molecule has 122 valence electrons. The summed E-state index contributed by atoms with van der Waals surface area (Å²) in [5.41, 5.74) is 2.34. The van der Waals surface area contributed by atoms with E-state index in [-0.39, 0.29) is 11.9 Å². The van der Waals surface area contributed by atoms with E-state index in [2.05, 4.69) is 22.4 Å². The number of hydrogen-bond acceptors (Lipinski definition) is 4. The standard InChI is InChI=1S/C17H21N3O3/c1-3-5-14-11-15(20-19-14)16(21)18-13-8-6-12(7-9-13)17(22)23-10-4-2/h6-9,11H,3-5,10H2,1-2H3,(H,18,21)(H,19,20). The molecule has 1 aromatic carbocycles. The maximum atomic E-state index is 12.1. The summed E-state index contributed by atoms with van der Waals surface area (Å²) in [5.74, 6) is -0.647. The first-order valence-electron chi connectivity index (χ1n) is 7.76. The summed E-state index contributed by atoms with van der Waals surface area (Å²) in [6.07, 6.45) is 2.62. The van der Waals surface area contributed by atoms with E-state index in [1.165, 1.54) is 0 Å². The second-order valence-corrected chi connectivity index (χ2v) is 5.20. The van der Waals surface area contributed by atoms with Crippen molar-refractivity contribution in [2.75, 3.05) is 11.9 Å². The number of amides is 1. The van der Waals surface area contributed by atoms with Crippen LogP contribution in [0.3, 0.4) is 0 Å². The molecule has 0 aliphatic carbocycles. The lowest BCUT2D eigenvalue weighted by Crippen LogP contribution is -2.12. The number of aromatic amines is 1. The zero-order valence-electron chi connectivity index (χ0n) is 13.4. The molecule has 0 spiro atoms. The average Bonchev–Trinajstić information content (AvgIpc) is 3.02. The van der Waals surface area contributed by atoms with E-state index in [1.54, 1.807) is 30.3 Å². The van der Waals surface area contributed by atoms with Gasteiger partial charge in [0.2, 0.25) is 0 Å². The molecule has 6 heteroatoms. The molecule has 1 aromatic heterocycles. The van der Waals surface area contributed by atoms with Crippen LogP contribution in [0.5, 0.6) is 0 Å². The van der Waals surface area contributed by atoms with Gasteiger partial charge in [0.25, 0.3) is 5.91 Å². The smallest absolute Gasteiger partial charge is 0.338 e. The Labute approximate surface area is 135 Å². The van der Waals surface area contributed by atoms with Crippen molar-refractivity contribution in [2.45, 2.75) is 33.1 Å². The summed E-state index contributed by atoms with van der Waals surface area (Å²) in [4.78, 5) is 23.8. The number of nitrogens with one attached hydrogen (secondary N) is 2. The van der Waals surface area contributed by atoms with E-state index in [1.807, 2.05) is 6.92 Å². The number of carbonyl (C=O) groups is 2. The minimum Gasteiger partial charge on any atom is -0.462 e. The van der Waals surface area contributed by atoms with Crippen molar-refractivity contribution >= 4 is 17.6 Å². The number of aromatic nitrogens is 2. The molecule has 0 saturated carbocycles. The third kappa shape index (κ3) is 4.67. The number of carbonyl (C=O) groups excluding carboxylic acids is 2. The Morgan fingerprint density at radius 1 is 1.17 bits per heavy atom. The maximum absolute atomic E-state index is 12.1. The van der Waals surface area contributed by atoms with E-state index in [0.29, 0.717) is 23.6 Å². The number of nitrogens with zero attached hydrogens (tertiary/aromatic N) is 1. The molecular weight excluding hydrogens is 294 g/mol. The molecule has 0 radical (unpaired) electrons. The van der Waals surface area contributed by atoms with Crippen LogP contribution in [0.15, 0.2) is 30.3 Å². The molecule has 0 fully saturated rings. The Morgan fingerprint density at radius 3 is 2.57 bits per heavy atom. The first kappa shape index (κ1) is 16.7. The monoisotopic (exact) mass is 315 g/mol. The molecule has 2 aromatic rings. The average molecular weight is 315 g/mol. The summed E-state index contributed by atoms with van der Waals surface area (Å²) >= 11 is 0. The third-order valence-corrected chi connectivity index (χ3v) is 3.20. The van der Waals surface area contributed by atoms with Gasteiger partial charge in [-0.3, -0.25) is 9.89 Å². The Morgan fingerprint density at radius 2 is 1.91 bits per heavy atom. The molecule has 0 atom stereocenters. The van der Waals surface area contributed by atoms with Gasteiger partial charge in [0.15, 0.2) is 5.69 Å². The highest BCUT2D eigenvalue weighted by molar-refractivity contribution is 6.03. The van der Waals surface area contributed by atoms with Gasteiger partial charge in [0, 0.05) is 11.4 Å². The molecular formula is C17H21N3O3. The minimum absolute atomic E-state index is 0.287. The Kier molecular flexibility index (Phi) is 5.91. The lowest BCUT2D eigenvalue weighted by Gasteiger charge is -2.05. The fourth-order valence-electron chi connectivity index (χ4n) is 2.04. The van der Waals surface area contributed by atoms with Crippen LogP contribution in [0.2, 0.25) is 0 Å². The first-order chi connectivity index (χ1) is 11.1. The Bertz CT molecular complexity index is 662. The van der Waals surface area contributed by atoms with E-state index in [4.69, 9.17) is 4.74 Å². The lowest BCUT2D eigenvalue weighted by atomic mass is 10.2. The van der Waals surface area contributed by atoms with E-state index in [9.17, 15) is 9.59 Å². The van der Waals surface area contributed by atoms with Gasteiger partial charge in [-0.05, 0) is 43.2 Å². The highest BCUT2D eigenvalue weighted by Crippen LogP contribution is 2.12. The topological polar surface area (TPSA) is 84.1 Å². The summed E-state index contributed by atoms with van der Waals surface area (Å²) in [6, 6.07) is 8.33. The van der Waals surface area contributed by atoms with Crippen molar-refractivity contribution in [3.8, 4) is 0 Å². The van der Waals surface area contributed by atoms with Gasteiger partial charge in [-0.1, -0.05) is 20.3 Å². The first-order valence-corrected chi connectivity index (χ1v) is 7.76. The number of rotatable bonds is 7. The van der Waals surface area contributed by atoms with E-state index >= 15 is 0 Å². The fraction of sp³-hybridized carbons (Fsp3) is 0.353. The van der Waals surface area contributed by atoms with Crippen LogP contribution in [-0.4, -0.2) is 28.7 Å². The van der Waals surface area contributed by atoms with Crippen LogP contribution >= 0.6 is 0 Å². The van der Waals surface area contributed by atoms with Crippen molar-refractivity contribution in [1.29, 1.82) is 0 Å². The summed E-state index contributed by atoms with van der Waals surface area (Å²) in [5, 5.41) is 9.59. The highest BCUT2D eigenvalue weighted by Gasteiger charge is 2.11. The van der Waals surface area contributed by atoms with Gasteiger partial charge in [-0.2, -0.15) is 5.10 Å². The van der Waals surface area contributed by atoms with Gasteiger partial charge in [0.1, 0.15) is 0 Å². The second kappa shape index (κ2) is 8.12. The van der Waals surface area contributed by atoms with Crippen LogP contribution in [-0.2, 0) is 11.2 Å². The molecule has 2 rings (SSSR count). The van der Waals surface area contributed by atoms with Crippen molar-refractivity contribution in [3.05, 3.63) is 47.3 Å². The molecule has 2 N–H and O–H groups in total. The van der Waals surface area contributed by atoms with Crippen LogP contribution < -0.4 is 5.32 Å². The molecule has 6 nitrogen and oxygen atoms in total. The van der Waals surface area contributed by atoms with Crippen molar-refractivity contribution < 1.29 is 14.3 Å². The SMILES string of the molecule is CCCOC(=O)c1ccc(NC(=O)c2cc(CCC)[nH]n2)cc1. The summed E-state index contributed by atoms with van der Waals surface area (Å²) < 4.78 is 5.05. The van der Waals surface area contributed by atoms with E-state index in [0.717, 1.165) is 25.0 Å². The minimum atomic E-state index is -0.360. The number of esters is 1. The molecule has 0 bridgehead atoms. The summed E-state index contributed by atoms with van der Waals surface area (Å²) in [6.45, 7) is 4.40. The number of ether oxygens (including phenoxy) is 1. The highest BCUT2D eigenvalue weighted by atomic mass is 16.5. The molecule has 0 saturated heterocycles. The molecule has 23 heavy (non-hydrogen) atoms. The number of H-pyrrole nitrogens is 1. The van der Waals surface area contributed by atoms with Crippen LogP contribution in [0, 0.1) is 0 Å². The van der Waals surface area contributed by atoms with Gasteiger partial charge < -0.3 is 10.1 Å². The van der Waals surface area contributed by atoms with Crippen molar-refractivity contribution in [2.24, 2.45) is 0 Å². The Hall–Kier alpha value is -2.63.